The molecule has 1 aliphatic rings. The summed E-state index contributed by atoms with van der Waals surface area (Å²) in [6.07, 6.45) is 0.503. The SMILES string of the molecule is CCOC(=O)C1=C(CC)NC(=O)NC1c1ccc(OCc2ccc(Cl)c(Cl)c2)cc1. The number of urea groups is 1. The molecule has 6 nitrogen and oxygen atoms in total. The Kier molecular flexibility index (Phi) is 7.24. The van der Waals surface area contributed by atoms with Crippen LogP contribution >= 0.6 is 23.2 Å². The molecule has 0 aromatic heterocycles. The highest BCUT2D eigenvalue weighted by Crippen LogP contribution is 2.30. The lowest BCUT2D eigenvalue weighted by atomic mass is 9.94. The Labute approximate surface area is 185 Å². The van der Waals surface area contributed by atoms with Gasteiger partial charge in [0.15, 0.2) is 0 Å². The van der Waals surface area contributed by atoms with Gasteiger partial charge in [-0.2, -0.15) is 0 Å². The number of hydrogen-bond donors (Lipinski definition) is 2. The summed E-state index contributed by atoms with van der Waals surface area (Å²) in [4.78, 5) is 24.6. The molecule has 3 rings (SSSR count). The van der Waals surface area contributed by atoms with Crippen molar-refractivity contribution in [3.8, 4) is 5.75 Å². The number of rotatable bonds is 7. The highest BCUT2D eigenvalue weighted by molar-refractivity contribution is 6.42. The number of carbonyl (C=O) groups is 2. The first kappa shape index (κ1) is 22.0. The van der Waals surface area contributed by atoms with Crippen molar-refractivity contribution in [2.24, 2.45) is 0 Å². The first-order valence-corrected chi connectivity index (χ1v) is 10.3. The average Bonchev–Trinajstić information content (AvgIpc) is 2.74. The molecular weight excluding hydrogens is 427 g/mol. The molecular formula is C22H22Cl2N2O4. The van der Waals surface area contributed by atoms with Gasteiger partial charge in [-0.25, -0.2) is 9.59 Å². The van der Waals surface area contributed by atoms with Gasteiger partial charge in [-0.1, -0.05) is 48.3 Å². The van der Waals surface area contributed by atoms with Crippen LogP contribution in [0.3, 0.4) is 0 Å². The number of nitrogens with one attached hydrogen (secondary N) is 2. The largest absolute Gasteiger partial charge is 0.489 e. The van der Waals surface area contributed by atoms with Crippen LogP contribution in [-0.4, -0.2) is 18.6 Å². The Morgan fingerprint density at radius 3 is 2.43 bits per heavy atom. The Balaban J connectivity index is 1.78. The van der Waals surface area contributed by atoms with Gasteiger partial charge in [-0.3, -0.25) is 0 Å². The monoisotopic (exact) mass is 448 g/mol. The molecule has 2 aromatic rings. The number of ether oxygens (including phenoxy) is 2. The van der Waals surface area contributed by atoms with Crippen molar-refractivity contribution >= 4 is 35.2 Å². The molecule has 1 atom stereocenters. The maximum Gasteiger partial charge on any atom is 0.338 e. The lowest BCUT2D eigenvalue weighted by Crippen LogP contribution is -2.45. The van der Waals surface area contributed by atoms with Crippen LogP contribution in [0, 0.1) is 0 Å². The third kappa shape index (κ3) is 5.07. The van der Waals surface area contributed by atoms with Gasteiger partial charge in [0.25, 0.3) is 0 Å². The summed E-state index contributed by atoms with van der Waals surface area (Å²) >= 11 is 12.0. The molecule has 0 radical (unpaired) electrons. The number of hydrogen-bond acceptors (Lipinski definition) is 4. The molecule has 2 amide bonds. The molecule has 0 spiro atoms. The molecule has 2 N–H and O–H groups in total. The number of allylic oxidation sites excluding steroid dienone is 1. The Morgan fingerprint density at radius 1 is 1.07 bits per heavy atom. The van der Waals surface area contributed by atoms with Crippen LogP contribution in [0.4, 0.5) is 4.79 Å². The summed E-state index contributed by atoms with van der Waals surface area (Å²) in [6.45, 7) is 4.20. The summed E-state index contributed by atoms with van der Waals surface area (Å²) in [7, 11) is 0. The third-order valence-corrected chi connectivity index (χ3v) is 5.34. The maximum atomic E-state index is 12.5. The second kappa shape index (κ2) is 9.87. The zero-order chi connectivity index (χ0) is 21.7. The van der Waals surface area contributed by atoms with Crippen LogP contribution < -0.4 is 15.4 Å². The number of amides is 2. The number of esters is 1. The number of halogens is 2. The van der Waals surface area contributed by atoms with Crippen molar-refractivity contribution in [2.45, 2.75) is 32.9 Å². The molecule has 0 aliphatic carbocycles. The smallest absolute Gasteiger partial charge is 0.338 e. The molecule has 1 heterocycles. The lowest BCUT2D eigenvalue weighted by Gasteiger charge is -2.29. The first-order chi connectivity index (χ1) is 14.4. The van der Waals surface area contributed by atoms with Crippen molar-refractivity contribution in [3.63, 3.8) is 0 Å². The normalized spacial score (nSPS) is 16.0. The maximum absolute atomic E-state index is 12.5. The summed E-state index contributed by atoms with van der Waals surface area (Å²) in [6, 6.07) is 11.6. The van der Waals surface area contributed by atoms with Crippen molar-refractivity contribution in [3.05, 3.63) is 74.9 Å². The van der Waals surface area contributed by atoms with Gasteiger partial charge in [0.1, 0.15) is 12.4 Å². The second-order valence-electron chi connectivity index (χ2n) is 6.60. The van der Waals surface area contributed by atoms with E-state index in [0.717, 1.165) is 11.1 Å². The Morgan fingerprint density at radius 2 is 1.80 bits per heavy atom. The van der Waals surface area contributed by atoms with Crippen molar-refractivity contribution in [2.75, 3.05) is 6.61 Å². The third-order valence-electron chi connectivity index (χ3n) is 4.61. The van der Waals surface area contributed by atoms with Gasteiger partial charge in [0.2, 0.25) is 0 Å². The van der Waals surface area contributed by atoms with E-state index in [-0.39, 0.29) is 12.6 Å². The van der Waals surface area contributed by atoms with Crippen LogP contribution in [-0.2, 0) is 16.1 Å². The van der Waals surface area contributed by atoms with E-state index < -0.39 is 12.0 Å². The number of carbonyl (C=O) groups excluding carboxylic acids is 2. The predicted octanol–water partition coefficient (Wildman–Crippen LogP) is 5.15. The van der Waals surface area contributed by atoms with E-state index in [1.165, 1.54) is 0 Å². The van der Waals surface area contributed by atoms with Gasteiger partial charge < -0.3 is 20.1 Å². The van der Waals surface area contributed by atoms with E-state index in [4.69, 9.17) is 32.7 Å². The first-order valence-electron chi connectivity index (χ1n) is 9.57. The minimum atomic E-state index is -0.600. The van der Waals surface area contributed by atoms with E-state index in [0.29, 0.717) is 40.1 Å². The standard InChI is InChI=1S/C22H22Cl2N2O4/c1-3-18-19(21(27)29-4-2)20(26-22(28)25-18)14-6-8-15(9-7-14)30-12-13-5-10-16(23)17(24)11-13/h5-11,20H,3-4,12H2,1-2H3,(H2,25,26,28). The number of benzene rings is 2. The van der Waals surface area contributed by atoms with E-state index in [2.05, 4.69) is 10.6 Å². The van der Waals surface area contributed by atoms with Crippen LogP contribution in [0.2, 0.25) is 10.0 Å². The van der Waals surface area contributed by atoms with Gasteiger partial charge in [0, 0.05) is 5.70 Å². The summed E-state index contributed by atoms with van der Waals surface area (Å²) in [5.41, 5.74) is 2.60. The van der Waals surface area contributed by atoms with Gasteiger partial charge >= 0.3 is 12.0 Å². The zero-order valence-corrected chi connectivity index (χ0v) is 18.1. The topological polar surface area (TPSA) is 76.7 Å². The van der Waals surface area contributed by atoms with E-state index >= 15 is 0 Å². The van der Waals surface area contributed by atoms with E-state index in [9.17, 15) is 9.59 Å². The highest BCUT2D eigenvalue weighted by Gasteiger charge is 2.32. The van der Waals surface area contributed by atoms with Crippen LogP contribution in [0.1, 0.15) is 37.4 Å². The summed E-state index contributed by atoms with van der Waals surface area (Å²) < 4.78 is 11.0. The molecule has 30 heavy (non-hydrogen) atoms. The van der Waals surface area contributed by atoms with Crippen molar-refractivity contribution in [1.29, 1.82) is 0 Å². The summed E-state index contributed by atoms with van der Waals surface area (Å²) in [5.74, 6) is 0.189. The quantitative estimate of drug-likeness (QED) is 0.573. The van der Waals surface area contributed by atoms with Crippen molar-refractivity contribution < 1.29 is 19.1 Å². The molecule has 0 saturated carbocycles. The molecule has 8 heteroatoms. The fraction of sp³-hybridized carbons (Fsp3) is 0.273. The van der Waals surface area contributed by atoms with E-state index in [1.54, 1.807) is 31.2 Å². The predicted molar refractivity (Wildman–Crippen MR) is 116 cm³/mol. The molecule has 158 valence electrons. The van der Waals surface area contributed by atoms with E-state index in [1.807, 2.05) is 25.1 Å². The highest BCUT2D eigenvalue weighted by atomic mass is 35.5. The molecule has 1 aliphatic heterocycles. The Hall–Kier alpha value is -2.70. The van der Waals surface area contributed by atoms with Crippen LogP contribution in [0.15, 0.2) is 53.7 Å². The summed E-state index contributed by atoms with van der Waals surface area (Å²) in [5, 5.41) is 6.46. The fourth-order valence-electron chi connectivity index (χ4n) is 3.15. The Bertz CT molecular complexity index is 974. The second-order valence-corrected chi connectivity index (χ2v) is 7.42. The van der Waals surface area contributed by atoms with Crippen LogP contribution in [0.25, 0.3) is 0 Å². The van der Waals surface area contributed by atoms with Crippen LogP contribution in [0.5, 0.6) is 5.75 Å². The lowest BCUT2D eigenvalue weighted by molar-refractivity contribution is -0.139. The minimum Gasteiger partial charge on any atom is -0.489 e. The molecule has 0 saturated heterocycles. The zero-order valence-electron chi connectivity index (χ0n) is 16.6. The van der Waals surface area contributed by atoms with Gasteiger partial charge in [-0.05, 0) is 48.7 Å². The van der Waals surface area contributed by atoms with Gasteiger partial charge in [-0.15, -0.1) is 0 Å². The van der Waals surface area contributed by atoms with Crippen molar-refractivity contribution in [1.82, 2.24) is 10.6 Å². The fourth-order valence-corrected chi connectivity index (χ4v) is 3.47. The molecule has 0 fully saturated rings. The van der Waals surface area contributed by atoms with Gasteiger partial charge in [0.05, 0.1) is 28.3 Å². The minimum absolute atomic E-state index is 0.251. The molecule has 2 aromatic carbocycles. The average molecular weight is 449 g/mol. The molecule has 1 unspecified atom stereocenters. The molecule has 0 bridgehead atoms.